The van der Waals surface area contributed by atoms with Crippen LogP contribution in [0.3, 0.4) is 0 Å². The van der Waals surface area contributed by atoms with Crippen molar-refractivity contribution >= 4 is 0 Å². The Morgan fingerprint density at radius 2 is 2.12 bits per heavy atom. The van der Waals surface area contributed by atoms with Gasteiger partial charge in [-0.25, -0.2) is 4.98 Å². The van der Waals surface area contributed by atoms with Crippen LogP contribution in [-0.4, -0.2) is 4.98 Å². The van der Waals surface area contributed by atoms with E-state index in [1.54, 1.807) is 6.26 Å². The van der Waals surface area contributed by atoms with Crippen LogP contribution in [0, 0.1) is 6.92 Å². The molecule has 0 atom stereocenters. The third kappa shape index (κ3) is 2.39. The third-order valence-corrected chi connectivity index (χ3v) is 0.556. The highest BCUT2D eigenvalue weighted by molar-refractivity contribution is 4.83. The average molecular weight is 113 g/mol. The average Bonchev–Trinajstić information content (AvgIpc) is 2.24. The van der Waals surface area contributed by atoms with Crippen LogP contribution in [0.2, 0.25) is 0 Å². The van der Waals surface area contributed by atoms with Crippen molar-refractivity contribution in [3.63, 3.8) is 0 Å². The first-order valence-corrected chi connectivity index (χ1v) is 2.74. The third-order valence-electron chi connectivity index (χ3n) is 0.556. The zero-order valence-corrected chi connectivity index (χ0v) is 5.51. The Labute approximate surface area is 49.5 Å². The van der Waals surface area contributed by atoms with E-state index < -0.39 is 0 Å². The van der Waals surface area contributed by atoms with Crippen molar-refractivity contribution in [3.8, 4) is 0 Å². The number of hydrogen-bond acceptors (Lipinski definition) is 2. The lowest BCUT2D eigenvalue weighted by molar-refractivity contribution is 0.557. The van der Waals surface area contributed by atoms with Gasteiger partial charge >= 0.3 is 0 Å². The Morgan fingerprint density at radius 3 is 2.25 bits per heavy atom. The fourth-order valence-corrected chi connectivity index (χ4v) is 0.273. The minimum atomic E-state index is 0.926. The van der Waals surface area contributed by atoms with Gasteiger partial charge in [-0.05, 0) is 6.92 Å². The van der Waals surface area contributed by atoms with Crippen LogP contribution >= 0.6 is 0 Å². The van der Waals surface area contributed by atoms with E-state index in [1.807, 2.05) is 20.8 Å². The van der Waals surface area contributed by atoms with Crippen LogP contribution in [0.25, 0.3) is 0 Å². The molecule has 0 aromatic carbocycles. The lowest BCUT2D eigenvalue weighted by atomic mass is 10.6. The minimum Gasteiger partial charge on any atom is -0.452 e. The van der Waals surface area contributed by atoms with Crippen molar-refractivity contribution in [2.45, 2.75) is 20.8 Å². The van der Waals surface area contributed by atoms with Gasteiger partial charge in [-0.1, -0.05) is 13.8 Å². The van der Waals surface area contributed by atoms with Crippen molar-refractivity contribution in [3.05, 3.63) is 18.4 Å². The molecule has 1 aromatic heterocycles. The Kier molecular flexibility index (Phi) is 3.94. The molecule has 1 aromatic rings. The normalized spacial score (nSPS) is 7.38. The lowest BCUT2D eigenvalue weighted by Gasteiger charge is -1.62. The molecule has 8 heavy (non-hydrogen) atoms. The SMILES string of the molecule is CC.Cc1cocn1. The number of aromatic nitrogens is 1. The van der Waals surface area contributed by atoms with Gasteiger partial charge in [-0.15, -0.1) is 0 Å². The van der Waals surface area contributed by atoms with Gasteiger partial charge in [0, 0.05) is 0 Å². The summed E-state index contributed by atoms with van der Waals surface area (Å²) in [5, 5.41) is 0. The van der Waals surface area contributed by atoms with Gasteiger partial charge in [0.1, 0.15) is 6.26 Å². The molecule has 2 heteroatoms. The fraction of sp³-hybridized carbons (Fsp3) is 0.500. The maximum atomic E-state index is 4.60. The second-order valence-corrected chi connectivity index (χ2v) is 1.13. The van der Waals surface area contributed by atoms with E-state index in [1.165, 1.54) is 6.39 Å². The molecule has 0 unspecified atom stereocenters. The molecule has 0 aliphatic rings. The zero-order chi connectivity index (χ0) is 6.41. The summed E-state index contributed by atoms with van der Waals surface area (Å²) in [6.45, 7) is 5.88. The lowest BCUT2D eigenvalue weighted by Crippen LogP contribution is -1.59. The van der Waals surface area contributed by atoms with Crippen LogP contribution in [0.1, 0.15) is 19.5 Å². The topological polar surface area (TPSA) is 26.0 Å². The number of rotatable bonds is 0. The van der Waals surface area contributed by atoms with Gasteiger partial charge in [-0.3, -0.25) is 0 Å². The summed E-state index contributed by atoms with van der Waals surface area (Å²) in [6.07, 6.45) is 3.01. The molecule has 46 valence electrons. The fourth-order valence-electron chi connectivity index (χ4n) is 0.273. The quantitative estimate of drug-likeness (QED) is 0.514. The predicted molar refractivity (Wildman–Crippen MR) is 32.6 cm³/mol. The molecule has 1 heterocycles. The standard InChI is InChI=1S/C4H5NO.C2H6/c1-4-2-6-3-5-4;1-2/h2-3H,1H3;1-2H3. The molecule has 0 amide bonds. The van der Waals surface area contributed by atoms with Crippen molar-refractivity contribution in [2.24, 2.45) is 0 Å². The highest BCUT2D eigenvalue weighted by Gasteiger charge is 1.77. The van der Waals surface area contributed by atoms with Crippen LogP contribution in [0.15, 0.2) is 17.1 Å². The molecule has 2 nitrogen and oxygen atoms in total. The Morgan fingerprint density at radius 1 is 1.50 bits per heavy atom. The van der Waals surface area contributed by atoms with E-state index in [-0.39, 0.29) is 0 Å². The largest absolute Gasteiger partial charge is 0.452 e. The maximum Gasteiger partial charge on any atom is 0.180 e. The molecule has 0 aliphatic carbocycles. The summed E-state index contributed by atoms with van der Waals surface area (Å²) in [7, 11) is 0. The van der Waals surface area contributed by atoms with Crippen molar-refractivity contribution < 1.29 is 4.42 Å². The predicted octanol–water partition coefficient (Wildman–Crippen LogP) is 2.01. The van der Waals surface area contributed by atoms with Gasteiger partial charge in [0.15, 0.2) is 6.39 Å². The molecule has 0 aliphatic heterocycles. The molecule has 0 N–H and O–H groups in total. The van der Waals surface area contributed by atoms with E-state index >= 15 is 0 Å². The van der Waals surface area contributed by atoms with Gasteiger partial charge in [0.25, 0.3) is 0 Å². The van der Waals surface area contributed by atoms with Crippen LogP contribution in [-0.2, 0) is 0 Å². The Hall–Kier alpha value is -0.790. The number of aryl methyl sites for hydroxylation is 1. The van der Waals surface area contributed by atoms with Crippen LogP contribution < -0.4 is 0 Å². The van der Waals surface area contributed by atoms with Gasteiger partial charge in [-0.2, -0.15) is 0 Å². The number of nitrogens with zero attached hydrogens (tertiary/aromatic N) is 1. The summed E-state index contributed by atoms with van der Waals surface area (Å²) in [6, 6.07) is 0. The van der Waals surface area contributed by atoms with E-state index in [4.69, 9.17) is 0 Å². The molecule has 0 bridgehead atoms. The van der Waals surface area contributed by atoms with Crippen LogP contribution in [0.5, 0.6) is 0 Å². The Balaban J connectivity index is 0.000000222. The smallest absolute Gasteiger partial charge is 0.180 e. The second-order valence-electron chi connectivity index (χ2n) is 1.13. The van der Waals surface area contributed by atoms with E-state index in [2.05, 4.69) is 9.40 Å². The van der Waals surface area contributed by atoms with Crippen molar-refractivity contribution in [1.82, 2.24) is 4.98 Å². The van der Waals surface area contributed by atoms with Gasteiger partial charge in [0.05, 0.1) is 5.69 Å². The molecule has 0 saturated heterocycles. The zero-order valence-electron chi connectivity index (χ0n) is 5.51. The van der Waals surface area contributed by atoms with E-state index in [0.29, 0.717) is 0 Å². The summed E-state index contributed by atoms with van der Waals surface area (Å²) in [5.74, 6) is 0. The van der Waals surface area contributed by atoms with E-state index in [9.17, 15) is 0 Å². The highest BCUT2D eigenvalue weighted by atomic mass is 16.3. The first kappa shape index (κ1) is 7.21. The number of hydrogen-bond donors (Lipinski definition) is 0. The molecule has 1 rings (SSSR count). The summed E-state index contributed by atoms with van der Waals surface area (Å²) in [5.41, 5.74) is 0.926. The van der Waals surface area contributed by atoms with E-state index in [0.717, 1.165) is 5.69 Å². The molecular weight excluding hydrogens is 102 g/mol. The maximum absolute atomic E-state index is 4.60. The van der Waals surface area contributed by atoms with Crippen molar-refractivity contribution in [1.29, 1.82) is 0 Å². The Bertz CT molecular complexity index is 112. The molecular formula is C6H11NO. The van der Waals surface area contributed by atoms with Crippen molar-refractivity contribution in [2.75, 3.05) is 0 Å². The molecule has 0 saturated carbocycles. The van der Waals surface area contributed by atoms with Gasteiger partial charge in [0.2, 0.25) is 0 Å². The molecule has 0 fully saturated rings. The first-order valence-electron chi connectivity index (χ1n) is 2.74. The van der Waals surface area contributed by atoms with Gasteiger partial charge < -0.3 is 4.42 Å². The summed E-state index contributed by atoms with van der Waals surface area (Å²) >= 11 is 0. The minimum absolute atomic E-state index is 0.926. The number of oxazole rings is 1. The summed E-state index contributed by atoms with van der Waals surface area (Å²) in [4.78, 5) is 3.75. The molecule has 0 radical (unpaired) electrons. The second kappa shape index (κ2) is 4.37. The summed E-state index contributed by atoms with van der Waals surface area (Å²) < 4.78 is 4.60. The van der Waals surface area contributed by atoms with Crippen LogP contribution in [0.4, 0.5) is 0 Å². The monoisotopic (exact) mass is 113 g/mol. The first-order chi connectivity index (χ1) is 3.89. The highest BCUT2D eigenvalue weighted by Crippen LogP contribution is 1.86. The molecule has 0 spiro atoms.